The molecule has 2 aromatic rings. The lowest BCUT2D eigenvalue weighted by Gasteiger charge is -2.16. The van der Waals surface area contributed by atoms with Crippen LogP contribution in [0.1, 0.15) is 24.1 Å². The summed E-state index contributed by atoms with van der Waals surface area (Å²) < 4.78 is 26.3. The minimum Gasteiger partial charge on any atom is -0.378 e. The van der Waals surface area contributed by atoms with Crippen LogP contribution in [0.2, 0.25) is 5.02 Å². The van der Waals surface area contributed by atoms with Crippen molar-refractivity contribution in [2.45, 2.75) is 19.9 Å². The number of hydrogen-bond donors (Lipinski definition) is 1. The summed E-state index contributed by atoms with van der Waals surface area (Å²) in [5, 5.41) is 3.82. The summed E-state index contributed by atoms with van der Waals surface area (Å²) in [6.45, 7) is 3.75. The molecule has 0 aromatic heterocycles. The smallest absolute Gasteiger partial charge is 0.126 e. The second kappa shape index (κ2) is 5.57. The summed E-state index contributed by atoms with van der Waals surface area (Å²) in [6.07, 6.45) is 0. The van der Waals surface area contributed by atoms with Crippen LogP contribution < -0.4 is 5.32 Å². The Morgan fingerprint density at radius 2 is 1.68 bits per heavy atom. The van der Waals surface area contributed by atoms with E-state index in [1.54, 1.807) is 6.07 Å². The highest BCUT2D eigenvalue weighted by Gasteiger charge is 2.09. The normalized spacial score (nSPS) is 12.3. The van der Waals surface area contributed by atoms with Gasteiger partial charge in [-0.2, -0.15) is 0 Å². The Balaban J connectivity index is 2.20. The highest BCUT2D eigenvalue weighted by Crippen LogP contribution is 2.24. The van der Waals surface area contributed by atoms with Gasteiger partial charge in [-0.15, -0.1) is 0 Å². The molecule has 19 heavy (non-hydrogen) atoms. The van der Waals surface area contributed by atoms with Gasteiger partial charge in [-0.3, -0.25) is 0 Å². The molecule has 0 saturated heterocycles. The zero-order valence-electron chi connectivity index (χ0n) is 10.7. The second-order valence-corrected chi connectivity index (χ2v) is 4.94. The summed E-state index contributed by atoms with van der Waals surface area (Å²) in [7, 11) is 0. The maximum atomic E-state index is 13.2. The largest absolute Gasteiger partial charge is 0.378 e. The third-order valence-electron chi connectivity index (χ3n) is 2.94. The van der Waals surface area contributed by atoms with Gasteiger partial charge in [0.1, 0.15) is 11.6 Å². The lowest BCUT2D eigenvalue weighted by Crippen LogP contribution is -2.07. The molecule has 100 valence electrons. The Kier molecular flexibility index (Phi) is 4.05. The second-order valence-electron chi connectivity index (χ2n) is 4.53. The van der Waals surface area contributed by atoms with Crippen molar-refractivity contribution >= 4 is 17.3 Å². The minimum atomic E-state index is -0.578. The summed E-state index contributed by atoms with van der Waals surface area (Å²) in [5.74, 6) is -1.16. The fourth-order valence-corrected chi connectivity index (χ4v) is 2.02. The third-order valence-corrected chi connectivity index (χ3v) is 3.35. The number of anilines is 1. The van der Waals surface area contributed by atoms with E-state index < -0.39 is 11.6 Å². The molecular formula is C15H14ClF2N. The maximum Gasteiger partial charge on any atom is 0.126 e. The van der Waals surface area contributed by atoms with Crippen molar-refractivity contribution in [3.63, 3.8) is 0 Å². The van der Waals surface area contributed by atoms with Crippen molar-refractivity contribution in [2.24, 2.45) is 0 Å². The number of hydrogen-bond acceptors (Lipinski definition) is 1. The topological polar surface area (TPSA) is 12.0 Å². The monoisotopic (exact) mass is 281 g/mol. The van der Waals surface area contributed by atoms with Crippen LogP contribution in [0.4, 0.5) is 14.5 Å². The van der Waals surface area contributed by atoms with Crippen LogP contribution >= 0.6 is 11.6 Å². The molecule has 0 aliphatic heterocycles. The van der Waals surface area contributed by atoms with E-state index in [0.29, 0.717) is 10.6 Å². The Morgan fingerprint density at radius 3 is 2.26 bits per heavy atom. The molecule has 0 amide bonds. The Labute approximate surface area is 116 Å². The number of aryl methyl sites for hydroxylation is 1. The summed E-state index contributed by atoms with van der Waals surface area (Å²) in [4.78, 5) is 0. The van der Waals surface area contributed by atoms with Gasteiger partial charge in [0.15, 0.2) is 0 Å². The van der Waals surface area contributed by atoms with E-state index in [1.807, 2.05) is 26.0 Å². The number of halogens is 3. The molecule has 4 heteroatoms. The van der Waals surface area contributed by atoms with Crippen LogP contribution in [0.15, 0.2) is 36.4 Å². The number of nitrogens with one attached hydrogen (secondary N) is 1. The third kappa shape index (κ3) is 3.44. The highest BCUT2D eigenvalue weighted by molar-refractivity contribution is 6.31. The van der Waals surface area contributed by atoms with Gasteiger partial charge in [-0.1, -0.05) is 17.7 Å². The molecule has 1 nitrogen and oxygen atoms in total. The quantitative estimate of drug-likeness (QED) is 0.825. The molecule has 0 heterocycles. The molecule has 0 saturated carbocycles. The van der Waals surface area contributed by atoms with Gasteiger partial charge in [0.25, 0.3) is 0 Å². The van der Waals surface area contributed by atoms with Crippen molar-refractivity contribution in [3.8, 4) is 0 Å². The summed E-state index contributed by atoms with van der Waals surface area (Å²) in [5.41, 5.74) is 2.35. The zero-order chi connectivity index (χ0) is 14.0. The van der Waals surface area contributed by atoms with Crippen molar-refractivity contribution < 1.29 is 8.78 Å². The van der Waals surface area contributed by atoms with Crippen LogP contribution in [-0.2, 0) is 0 Å². The number of benzene rings is 2. The van der Waals surface area contributed by atoms with Gasteiger partial charge in [-0.25, -0.2) is 8.78 Å². The summed E-state index contributed by atoms with van der Waals surface area (Å²) in [6, 6.07) is 8.84. The molecule has 1 atom stereocenters. The SMILES string of the molecule is Cc1ccc(NC(C)c2cc(F)cc(F)c2)cc1Cl. The fraction of sp³-hybridized carbons (Fsp3) is 0.200. The lowest BCUT2D eigenvalue weighted by atomic mass is 10.1. The zero-order valence-corrected chi connectivity index (χ0v) is 11.4. The average molecular weight is 282 g/mol. The molecule has 0 spiro atoms. The first-order valence-electron chi connectivity index (χ1n) is 5.94. The van der Waals surface area contributed by atoms with Crippen LogP contribution in [0, 0.1) is 18.6 Å². The molecule has 1 unspecified atom stereocenters. The predicted octanol–water partition coefficient (Wildman–Crippen LogP) is 5.10. The molecular weight excluding hydrogens is 268 g/mol. The lowest BCUT2D eigenvalue weighted by molar-refractivity contribution is 0.577. The molecule has 0 fully saturated rings. The van der Waals surface area contributed by atoms with Gasteiger partial charge in [0, 0.05) is 22.8 Å². The molecule has 2 rings (SSSR count). The Morgan fingerprint density at radius 1 is 1.05 bits per heavy atom. The number of rotatable bonds is 3. The van der Waals surface area contributed by atoms with E-state index in [4.69, 9.17) is 11.6 Å². The van der Waals surface area contributed by atoms with E-state index in [9.17, 15) is 8.78 Å². The highest BCUT2D eigenvalue weighted by atomic mass is 35.5. The predicted molar refractivity (Wildman–Crippen MR) is 74.6 cm³/mol. The van der Waals surface area contributed by atoms with Crippen molar-refractivity contribution in [2.75, 3.05) is 5.32 Å². The van der Waals surface area contributed by atoms with Gasteiger partial charge < -0.3 is 5.32 Å². The Hall–Kier alpha value is -1.61. The first kappa shape index (κ1) is 13.8. The van der Waals surface area contributed by atoms with Gasteiger partial charge in [0.05, 0.1) is 0 Å². The standard InChI is InChI=1S/C15H14ClF2N/c1-9-3-4-14(8-15(9)16)19-10(2)11-5-12(17)7-13(18)6-11/h3-8,10,19H,1-2H3. The molecule has 0 aliphatic carbocycles. The van der Waals surface area contributed by atoms with Crippen LogP contribution in [0.3, 0.4) is 0 Å². The molecule has 0 aliphatic rings. The van der Waals surface area contributed by atoms with E-state index >= 15 is 0 Å². The van der Waals surface area contributed by atoms with E-state index in [0.717, 1.165) is 17.3 Å². The molecule has 1 N–H and O–H groups in total. The van der Waals surface area contributed by atoms with Crippen LogP contribution in [0.25, 0.3) is 0 Å². The van der Waals surface area contributed by atoms with Crippen LogP contribution in [0.5, 0.6) is 0 Å². The average Bonchev–Trinajstić information content (AvgIpc) is 2.32. The van der Waals surface area contributed by atoms with E-state index in [2.05, 4.69) is 5.32 Å². The van der Waals surface area contributed by atoms with Crippen LogP contribution in [-0.4, -0.2) is 0 Å². The van der Waals surface area contributed by atoms with Crippen molar-refractivity contribution in [1.82, 2.24) is 0 Å². The van der Waals surface area contributed by atoms with Crippen molar-refractivity contribution in [1.29, 1.82) is 0 Å². The summed E-state index contributed by atoms with van der Waals surface area (Å²) >= 11 is 6.03. The van der Waals surface area contributed by atoms with E-state index in [1.165, 1.54) is 12.1 Å². The van der Waals surface area contributed by atoms with Gasteiger partial charge in [0.2, 0.25) is 0 Å². The molecule has 2 aromatic carbocycles. The molecule has 0 radical (unpaired) electrons. The van der Waals surface area contributed by atoms with Crippen molar-refractivity contribution in [3.05, 3.63) is 64.2 Å². The van der Waals surface area contributed by atoms with Gasteiger partial charge in [-0.05, 0) is 49.2 Å². The first-order valence-corrected chi connectivity index (χ1v) is 6.32. The van der Waals surface area contributed by atoms with Gasteiger partial charge >= 0.3 is 0 Å². The first-order chi connectivity index (χ1) is 8.95. The molecule has 0 bridgehead atoms. The minimum absolute atomic E-state index is 0.219. The fourth-order valence-electron chi connectivity index (χ4n) is 1.84. The maximum absolute atomic E-state index is 13.2. The Bertz CT molecular complexity index is 578. The van der Waals surface area contributed by atoms with E-state index in [-0.39, 0.29) is 6.04 Å².